The second kappa shape index (κ2) is 7.72. The van der Waals surface area contributed by atoms with Gasteiger partial charge in [0.05, 0.1) is 10.5 Å². The first-order valence-electron chi connectivity index (χ1n) is 7.76. The molecule has 0 atom stereocenters. The standard InChI is InChI=1S/C15H22N4O3/c16-14(20)13-8-12(19(21)22)10-18-15(13)17-9-11-6-4-2-1-3-5-7-11/h8,10-11H,1-7,9H2,(H2,16,20)(H,17,18). The number of carbonyl (C=O) groups excluding carboxylic acids is 1. The van der Waals surface area contributed by atoms with Gasteiger partial charge in [0.25, 0.3) is 11.6 Å². The Morgan fingerprint density at radius 1 is 1.32 bits per heavy atom. The average Bonchev–Trinajstić information content (AvgIpc) is 2.45. The highest BCUT2D eigenvalue weighted by molar-refractivity contribution is 5.98. The number of rotatable bonds is 5. The van der Waals surface area contributed by atoms with Crippen molar-refractivity contribution >= 4 is 17.4 Å². The van der Waals surface area contributed by atoms with E-state index in [1.165, 1.54) is 38.2 Å². The van der Waals surface area contributed by atoms with Crippen LogP contribution in [0.25, 0.3) is 0 Å². The zero-order valence-corrected chi connectivity index (χ0v) is 12.6. The first kappa shape index (κ1) is 16.2. The van der Waals surface area contributed by atoms with Crippen LogP contribution in [0.3, 0.4) is 0 Å². The van der Waals surface area contributed by atoms with Gasteiger partial charge in [-0.15, -0.1) is 0 Å². The van der Waals surface area contributed by atoms with Gasteiger partial charge in [-0.1, -0.05) is 32.1 Å². The molecule has 0 saturated heterocycles. The largest absolute Gasteiger partial charge is 0.369 e. The summed E-state index contributed by atoms with van der Waals surface area (Å²) in [6.07, 6.45) is 9.78. The lowest BCUT2D eigenvalue weighted by molar-refractivity contribution is -0.385. The minimum absolute atomic E-state index is 0.0695. The van der Waals surface area contributed by atoms with E-state index in [9.17, 15) is 14.9 Å². The number of aromatic nitrogens is 1. The molecule has 120 valence electrons. The number of nitrogens with one attached hydrogen (secondary N) is 1. The molecule has 7 nitrogen and oxygen atoms in total. The van der Waals surface area contributed by atoms with Crippen molar-refractivity contribution in [3.05, 3.63) is 27.9 Å². The molecule has 1 amide bonds. The Morgan fingerprint density at radius 3 is 2.55 bits per heavy atom. The summed E-state index contributed by atoms with van der Waals surface area (Å²) < 4.78 is 0. The van der Waals surface area contributed by atoms with Crippen molar-refractivity contribution in [2.75, 3.05) is 11.9 Å². The van der Waals surface area contributed by atoms with Gasteiger partial charge in [0.2, 0.25) is 0 Å². The van der Waals surface area contributed by atoms with Gasteiger partial charge >= 0.3 is 0 Å². The molecule has 1 heterocycles. The molecule has 7 heteroatoms. The fraction of sp³-hybridized carbons (Fsp3) is 0.600. The highest BCUT2D eigenvalue weighted by Gasteiger charge is 2.17. The van der Waals surface area contributed by atoms with E-state index in [1.54, 1.807) is 0 Å². The van der Waals surface area contributed by atoms with Crippen molar-refractivity contribution < 1.29 is 9.72 Å². The average molecular weight is 306 g/mol. The SMILES string of the molecule is NC(=O)c1cc([N+](=O)[O-])cnc1NCC1CCCCCCC1. The second-order valence-electron chi connectivity index (χ2n) is 5.80. The monoisotopic (exact) mass is 306 g/mol. The molecule has 1 aliphatic rings. The van der Waals surface area contributed by atoms with Gasteiger partial charge in [-0.25, -0.2) is 4.98 Å². The van der Waals surface area contributed by atoms with Gasteiger partial charge in [0, 0.05) is 12.6 Å². The van der Waals surface area contributed by atoms with E-state index in [-0.39, 0.29) is 11.3 Å². The van der Waals surface area contributed by atoms with Crippen molar-refractivity contribution in [3.8, 4) is 0 Å². The van der Waals surface area contributed by atoms with Crippen molar-refractivity contribution in [1.82, 2.24) is 4.98 Å². The third kappa shape index (κ3) is 4.41. The summed E-state index contributed by atoms with van der Waals surface area (Å²) in [4.78, 5) is 25.6. The topological polar surface area (TPSA) is 111 Å². The Hall–Kier alpha value is -2.18. The van der Waals surface area contributed by atoms with E-state index in [1.807, 2.05) is 0 Å². The molecule has 1 saturated carbocycles. The summed E-state index contributed by atoms with van der Waals surface area (Å²) in [6, 6.07) is 1.18. The number of nitro groups is 1. The fourth-order valence-corrected chi connectivity index (χ4v) is 2.87. The molecule has 1 fully saturated rings. The van der Waals surface area contributed by atoms with E-state index < -0.39 is 10.8 Å². The van der Waals surface area contributed by atoms with E-state index in [4.69, 9.17) is 5.73 Å². The third-order valence-corrected chi connectivity index (χ3v) is 4.13. The van der Waals surface area contributed by atoms with Gasteiger partial charge in [-0.05, 0) is 18.8 Å². The number of amides is 1. The summed E-state index contributed by atoms with van der Waals surface area (Å²) >= 11 is 0. The van der Waals surface area contributed by atoms with Crippen LogP contribution in [0, 0.1) is 16.0 Å². The van der Waals surface area contributed by atoms with E-state index in [0.29, 0.717) is 18.3 Å². The van der Waals surface area contributed by atoms with Gasteiger partial charge in [-0.2, -0.15) is 0 Å². The number of primary amides is 1. The predicted octanol–water partition coefficient (Wildman–Crippen LogP) is 2.86. The lowest BCUT2D eigenvalue weighted by Crippen LogP contribution is -2.20. The Kier molecular flexibility index (Phi) is 5.68. The van der Waals surface area contributed by atoms with Crippen LogP contribution >= 0.6 is 0 Å². The summed E-state index contributed by atoms with van der Waals surface area (Å²) in [7, 11) is 0. The van der Waals surface area contributed by atoms with Crippen LogP contribution in [0.1, 0.15) is 55.3 Å². The zero-order chi connectivity index (χ0) is 15.9. The van der Waals surface area contributed by atoms with E-state index >= 15 is 0 Å². The molecule has 0 aromatic carbocycles. The Bertz CT molecular complexity index is 540. The van der Waals surface area contributed by atoms with E-state index in [0.717, 1.165) is 19.0 Å². The molecular formula is C15H22N4O3. The molecule has 0 aliphatic heterocycles. The zero-order valence-electron chi connectivity index (χ0n) is 12.6. The number of pyridine rings is 1. The van der Waals surface area contributed by atoms with Crippen LogP contribution in [-0.4, -0.2) is 22.4 Å². The number of nitrogens with zero attached hydrogens (tertiary/aromatic N) is 2. The Balaban J connectivity index is 2.04. The Morgan fingerprint density at radius 2 is 1.95 bits per heavy atom. The smallest absolute Gasteiger partial charge is 0.288 e. The first-order valence-corrected chi connectivity index (χ1v) is 7.76. The molecule has 1 aliphatic carbocycles. The number of hydrogen-bond acceptors (Lipinski definition) is 5. The summed E-state index contributed by atoms with van der Waals surface area (Å²) in [6.45, 7) is 0.713. The van der Waals surface area contributed by atoms with Crippen molar-refractivity contribution in [2.45, 2.75) is 44.9 Å². The van der Waals surface area contributed by atoms with Crippen LogP contribution in [0.2, 0.25) is 0 Å². The maximum atomic E-state index is 11.5. The lowest BCUT2D eigenvalue weighted by atomic mass is 9.91. The third-order valence-electron chi connectivity index (χ3n) is 4.13. The molecule has 1 aromatic rings. The van der Waals surface area contributed by atoms with Crippen LogP contribution < -0.4 is 11.1 Å². The highest BCUT2D eigenvalue weighted by atomic mass is 16.6. The quantitative estimate of drug-likeness (QED) is 0.641. The normalized spacial score (nSPS) is 16.5. The lowest BCUT2D eigenvalue weighted by Gasteiger charge is -2.20. The maximum absolute atomic E-state index is 11.5. The van der Waals surface area contributed by atoms with Crippen molar-refractivity contribution in [3.63, 3.8) is 0 Å². The molecule has 22 heavy (non-hydrogen) atoms. The summed E-state index contributed by atoms with van der Waals surface area (Å²) in [5, 5.41) is 13.9. The van der Waals surface area contributed by atoms with Crippen LogP contribution in [0.4, 0.5) is 11.5 Å². The molecule has 0 bridgehead atoms. The Labute approximate surface area is 129 Å². The molecule has 0 spiro atoms. The molecule has 0 radical (unpaired) electrons. The van der Waals surface area contributed by atoms with Crippen molar-refractivity contribution in [2.24, 2.45) is 11.7 Å². The van der Waals surface area contributed by atoms with Gasteiger partial charge in [-0.3, -0.25) is 14.9 Å². The minimum Gasteiger partial charge on any atom is -0.369 e. The fourth-order valence-electron chi connectivity index (χ4n) is 2.87. The van der Waals surface area contributed by atoms with Crippen LogP contribution in [0.15, 0.2) is 12.3 Å². The van der Waals surface area contributed by atoms with Gasteiger partial charge in [0.15, 0.2) is 0 Å². The van der Waals surface area contributed by atoms with Crippen LogP contribution in [0.5, 0.6) is 0 Å². The summed E-state index contributed by atoms with van der Waals surface area (Å²) in [5.41, 5.74) is 5.13. The van der Waals surface area contributed by atoms with Crippen molar-refractivity contribution in [1.29, 1.82) is 0 Å². The second-order valence-corrected chi connectivity index (χ2v) is 5.80. The highest BCUT2D eigenvalue weighted by Crippen LogP contribution is 2.24. The minimum atomic E-state index is -0.712. The van der Waals surface area contributed by atoms with Gasteiger partial charge < -0.3 is 11.1 Å². The van der Waals surface area contributed by atoms with E-state index in [2.05, 4.69) is 10.3 Å². The number of nitrogens with two attached hydrogens (primary N) is 1. The maximum Gasteiger partial charge on any atom is 0.288 e. The number of anilines is 1. The van der Waals surface area contributed by atoms with Gasteiger partial charge in [0.1, 0.15) is 12.0 Å². The molecule has 0 unspecified atom stereocenters. The molecular weight excluding hydrogens is 284 g/mol. The molecule has 3 N–H and O–H groups in total. The predicted molar refractivity (Wildman–Crippen MR) is 83.7 cm³/mol. The summed E-state index contributed by atoms with van der Waals surface area (Å²) in [5.74, 6) is 0.162. The molecule has 1 aromatic heterocycles. The van der Waals surface area contributed by atoms with Crippen LogP contribution in [-0.2, 0) is 0 Å². The first-order chi connectivity index (χ1) is 10.6. The number of hydrogen-bond donors (Lipinski definition) is 2. The number of carbonyl (C=O) groups is 1. The molecule has 2 rings (SSSR count).